The van der Waals surface area contributed by atoms with Crippen molar-refractivity contribution >= 4 is 15.9 Å². The maximum atomic E-state index is 13.1. The van der Waals surface area contributed by atoms with Gasteiger partial charge in [-0.15, -0.1) is 6.42 Å². The molecule has 18 heavy (non-hydrogen) atoms. The van der Waals surface area contributed by atoms with Gasteiger partial charge < -0.3 is 5.73 Å². The Bertz CT molecular complexity index is 428. The maximum absolute atomic E-state index is 13.1. The molecule has 0 spiro atoms. The average Bonchev–Trinajstić information content (AvgIpc) is 2.35. The first-order valence-corrected chi connectivity index (χ1v) is 6.78. The first-order chi connectivity index (χ1) is 8.62. The number of nitrogens with two attached hydrogens (primary N) is 1. The Morgan fingerprint density at radius 3 is 2.78 bits per heavy atom. The molecular weight excluding hydrogens is 295 g/mol. The highest BCUT2D eigenvalue weighted by Crippen LogP contribution is 2.24. The Balaban J connectivity index is 2.86. The molecule has 0 aliphatic carbocycles. The van der Waals surface area contributed by atoms with Gasteiger partial charge in [0.05, 0.1) is 6.04 Å². The quantitative estimate of drug-likeness (QED) is 0.793. The largest absolute Gasteiger partial charge is 0.329 e. The van der Waals surface area contributed by atoms with Gasteiger partial charge in [-0.25, -0.2) is 4.39 Å². The fraction of sp³-hybridized carbons (Fsp3) is 0.429. The molecule has 0 aromatic heterocycles. The highest BCUT2D eigenvalue weighted by Gasteiger charge is 2.16. The van der Waals surface area contributed by atoms with E-state index < -0.39 is 0 Å². The molecule has 1 aromatic rings. The van der Waals surface area contributed by atoms with Crippen LogP contribution in [-0.2, 0) is 0 Å². The van der Waals surface area contributed by atoms with Crippen LogP contribution in [0.3, 0.4) is 0 Å². The van der Waals surface area contributed by atoms with Crippen molar-refractivity contribution in [1.82, 2.24) is 5.32 Å². The first kappa shape index (κ1) is 15.2. The van der Waals surface area contributed by atoms with E-state index in [1.54, 1.807) is 6.07 Å². The van der Waals surface area contributed by atoms with Crippen molar-refractivity contribution in [3.8, 4) is 12.3 Å². The van der Waals surface area contributed by atoms with Crippen LogP contribution in [0.2, 0.25) is 0 Å². The van der Waals surface area contributed by atoms with Crippen LogP contribution in [0, 0.1) is 18.2 Å². The fourth-order valence-corrected chi connectivity index (χ4v) is 2.44. The van der Waals surface area contributed by atoms with Gasteiger partial charge in [0.1, 0.15) is 5.82 Å². The van der Waals surface area contributed by atoms with Gasteiger partial charge in [0.2, 0.25) is 0 Å². The van der Waals surface area contributed by atoms with Crippen molar-refractivity contribution in [2.45, 2.75) is 31.8 Å². The molecule has 0 fully saturated rings. The Labute approximate surface area is 116 Å². The molecule has 0 saturated heterocycles. The summed E-state index contributed by atoms with van der Waals surface area (Å²) in [4.78, 5) is 0. The number of benzene rings is 1. The summed E-state index contributed by atoms with van der Waals surface area (Å²) in [5.74, 6) is 2.44. The van der Waals surface area contributed by atoms with E-state index in [4.69, 9.17) is 12.2 Å². The molecule has 3 N–H and O–H groups in total. The second kappa shape index (κ2) is 7.52. The van der Waals surface area contributed by atoms with Crippen molar-refractivity contribution in [1.29, 1.82) is 0 Å². The molecule has 0 heterocycles. The summed E-state index contributed by atoms with van der Waals surface area (Å²) in [5.41, 5.74) is 6.69. The van der Waals surface area contributed by atoms with E-state index in [9.17, 15) is 4.39 Å². The zero-order valence-corrected chi connectivity index (χ0v) is 12.0. The number of hydrogen-bond donors (Lipinski definition) is 2. The van der Waals surface area contributed by atoms with Crippen molar-refractivity contribution in [3.05, 3.63) is 34.1 Å². The lowest BCUT2D eigenvalue weighted by Gasteiger charge is -2.22. The van der Waals surface area contributed by atoms with Crippen LogP contribution < -0.4 is 11.1 Å². The van der Waals surface area contributed by atoms with Crippen molar-refractivity contribution in [3.63, 3.8) is 0 Å². The summed E-state index contributed by atoms with van der Waals surface area (Å²) in [5, 5.41) is 3.32. The minimum absolute atomic E-state index is 0.0134. The van der Waals surface area contributed by atoms with Gasteiger partial charge in [0.15, 0.2) is 0 Å². The maximum Gasteiger partial charge on any atom is 0.124 e. The lowest BCUT2D eigenvalue weighted by molar-refractivity contribution is 0.473. The minimum atomic E-state index is -0.275. The normalized spacial score (nSPS) is 13.9. The molecule has 4 heteroatoms. The van der Waals surface area contributed by atoms with E-state index in [1.807, 2.05) is 0 Å². The summed E-state index contributed by atoms with van der Waals surface area (Å²) in [6.07, 6.45) is 7.38. The number of rotatable bonds is 6. The van der Waals surface area contributed by atoms with Crippen LogP contribution in [-0.4, -0.2) is 12.6 Å². The highest BCUT2D eigenvalue weighted by atomic mass is 79.9. The van der Waals surface area contributed by atoms with Crippen LogP contribution >= 0.6 is 15.9 Å². The van der Waals surface area contributed by atoms with E-state index in [1.165, 1.54) is 12.1 Å². The fourth-order valence-electron chi connectivity index (χ4n) is 1.82. The molecule has 2 atom stereocenters. The monoisotopic (exact) mass is 312 g/mol. The summed E-state index contributed by atoms with van der Waals surface area (Å²) in [6.45, 7) is 2.49. The van der Waals surface area contributed by atoms with E-state index in [0.29, 0.717) is 11.0 Å². The first-order valence-electron chi connectivity index (χ1n) is 5.99. The summed E-state index contributed by atoms with van der Waals surface area (Å²) in [7, 11) is 0. The Morgan fingerprint density at radius 2 is 2.28 bits per heavy atom. The molecule has 0 radical (unpaired) electrons. The van der Waals surface area contributed by atoms with E-state index >= 15 is 0 Å². The molecule has 0 amide bonds. The van der Waals surface area contributed by atoms with Gasteiger partial charge in [0, 0.05) is 17.1 Å². The van der Waals surface area contributed by atoms with Gasteiger partial charge >= 0.3 is 0 Å². The summed E-state index contributed by atoms with van der Waals surface area (Å²) < 4.78 is 13.8. The predicted octanol–water partition coefficient (Wildman–Crippen LogP) is 2.98. The molecule has 0 aliphatic heterocycles. The summed E-state index contributed by atoms with van der Waals surface area (Å²) >= 11 is 3.35. The molecule has 98 valence electrons. The molecule has 1 aromatic carbocycles. The molecule has 2 nitrogen and oxygen atoms in total. The van der Waals surface area contributed by atoms with E-state index in [-0.39, 0.29) is 17.9 Å². The van der Waals surface area contributed by atoms with E-state index in [2.05, 4.69) is 34.1 Å². The second-order valence-electron chi connectivity index (χ2n) is 4.13. The van der Waals surface area contributed by atoms with Gasteiger partial charge in [-0.05, 0) is 24.1 Å². The Kier molecular flexibility index (Phi) is 6.34. The SMILES string of the molecule is C#CC(CCC)NC(CN)c1ccc(F)cc1Br. The zero-order chi connectivity index (χ0) is 13.5. The van der Waals surface area contributed by atoms with Crippen molar-refractivity contribution in [2.24, 2.45) is 5.73 Å². The van der Waals surface area contributed by atoms with Crippen LogP contribution in [0.25, 0.3) is 0 Å². The highest BCUT2D eigenvalue weighted by molar-refractivity contribution is 9.10. The molecule has 0 bridgehead atoms. The molecule has 1 rings (SSSR count). The number of nitrogens with one attached hydrogen (secondary N) is 1. The van der Waals surface area contributed by atoms with Crippen LogP contribution in [0.5, 0.6) is 0 Å². The third-order valence-corrected chi connectivity index (χ3v) is 3.44. The number of hydrogen-bond acceptors (Lipinski definition) is 2. The van der Waals surface area contributed by atoms with Crippen LogP contribution in [0.4, 0.5) is 4.39 Å². The third kappa shape index (κ3) is 4.09. The minimum Gasteiger partial charge on any atom is -0.329 e. The third-order valence-electron chi connectivity index (χ3n) is 2.75. The number of terminal acetylenes is 1. The molecule has 2 unspecified atom stereocenters. The van der Waals surface area contributed by atoms with Crippen LogP contribution in [0.1, 0.15) is 31.4 Å². The number of halogens is 2. The summed E-state index contributed by atoms with van der Waals surface area (Å²) in [6, 6.07) is 4.50. The average molecular weight is 313 g/mol. The lowest BCUT2D eigenvalue weighted by atomic mass is 10.0. The Hall–Kier alpha value is -0.890. The van der Waals surface area contributed by atoms with Gasteiger partial charge in [0.25, 0.3) is 0 Å². The predicted molar refractivity (Wildman–Crippen MR) is 76.6 cm³/mol. The van der Waals surface area contributed by atoms with Crippen LogP contribution in [0.15, 0.2) is 22.7 Å². The smallest absolute Gasteiger partial charge is 0.124 e. The van der Waals surface area contributed by atoms with Gasteiger partial charge in [-0.3, -0.25) is 5.32 Å². The lowest BCUT2D eigenvalue weighted by Crippen LogP contribution is -2.36. The Morgan fingerprint density at radius 1 is 1.56 bits per heavy atom. The molecule has 0 saturated carbocycles. The standard InChI is InChI=1S/C14H18BrFN2/c1-3-5-11(4-2)18-14(9-17)12-7-6-10(16)8-13(12)15/h2,6-8,11,14,18H,3,5,9,17H2,1H3. The molecular formula is C14H18BrFN2. The van der Waals surface area contributed by atoms with E-state index in [0.717, 1.165) is 18.4 Å². The van der Waals surface area contributed by atoms with Crippen molar-refractivity contribution in [2.75, 3.05) is 6.54 Å². The van der Waals surface area contributed by atoms with Gasteiger partial charge in [-0.1, -0.05) is 41.3 Å². The van der Waals surface area contributed by atoms with Gasteiger partial charge in [-0.2, -0.15) is 0 Å². The zero-order valence-electron chi connectivity index (χ0n) is 10.4. The van der Waals surface area contributed by atoms with Crippen molar-refractivity contribution < 1.29 is 4.39 Å². The topological polar surface area (TPSA) is 38.0 Å². The molecule has 0 aliphatic rings. The second-order valence-corrected chi connectivity index (χ2v) is 4.98.